The van der Waals surface area contributed by atoms with Crippen molar-refractivity contribution in [3.63, 3.8) is 0 Å². The molecule has 1 aliphatic carbocycles. The number of hydrogen-bond acceptors (Lipinski definition) is 3. The van der Waals surface area contributed by atoms with Crippen LogP contribution >= 0.6 is 11.6 Å². The van der Waals surface area contributed by atoms with Crippen molar-refractivity contribution in [3.05, 3.63) is 29.3 Å². The quantitative estimate of drug-likeness (QED) is 0.932. The zero-order chi connectivity index (χ0) is 15.6. The summed E-state index contributed by atoms with van der Waals surface area (Å²) >= 11 is 6.03. The third-order valence-corrected chi connectivity index (χ3v) is 5.04. The first-order valence-corrected chi connectivity index (χ1v) is 8.23. The molecular formula is C17H20ClN3O. The van der Waals surface area contributed by atoms with Gasteiger partial charge in [0.25, 0.3) is 0 Å². The monoisotopic (exact) mass is 317 g/mol. The summed E-state index contributed by atoms with van der Waals surface area (Å²) in [6, 6.07) is 10.1. The fraction of sp³-hybridized carbons (Fsp3) is 0.529. The molecule has 1 aromatic rings. The van der Waals surface area contributed by atoms with E-state index < -0.39 is 5.41 Å². The fourth-order valence-electron chi connectivity index (χ4n) is 3.48. The van der Waals surface area contributed by atoms with Gasteiger partial charge in [0, 0.05) is 29.8 Å². The van der Waals surface area contributed by atoms with E-state index in [1.165, 1.54) is 0 Å². The first kappa shape index (κ1) is 15.2. The molecule has 1 N–H and O–H groups in total. The largest absolute Gasteiger partial charge is 0.369 e. The Balaban J connectivity index is 1.61. The molecule has 0 radical (unpaired) electrons. The minimum absolute atomic E-state index is 0.0783. The van der Waals surface area contributed by atoms with E-state index in [9.17, 15) is 10.1 Å². The Hall–Kier alpha value is -1.73. The summed E-state index contributed by atoms with van der Waals surface area (Å²) in [5, 5.41) is 13.2. The number of rotatable bonds is 3. The van der Waals surface area contributed by atoms with Gasteiger partial charge in [0.2, 0.25) is 5.91 Å². The fourth-order valence-corrected chi connectivity index (χ4v) is 3.66. The molecule has 116 valence electrons. The SMILES string of the molecule is N#CC1(C(=O)N[C@H]2CCN(c3cccc(Cl)c3)C2)CCCC1. The predicted octanol–water partition coefficient (Wildman–Crippen LogP) is 3.12. The summed E-state index contributed by atoms with van der Waals surface area (Å²) in [5.41, 5.74) is 0.295. The van der Waals surface area contributed by atoms with Crippen molar-refractivity contribution in [1.82, 2.24) is 5.32 Å². The third-order valence-electron chi connectivity index (χ3n) is 4.80. The summed E-state index contributed by atoms with van der Waals surface area (Å²) in [6.07, 6.45) is 4.24. The maximum absolute atomic E-state index is 12.5. The van der Waals surface area contributed by atoms with Gasteiger partial charge in [0.15, 0.2) is 0 Å². The topological polar surface area (TPSA) is 56.1 Å². The molecule has 0 unspecified atom stereocenters. The van der Waals surface area contributed by atoms with Crippen LogP contribution in [0.15, 0.2) is 24.3 Å². The Labute approximate surface area is 136 Å². The molecule has 1 saturated heterocycles. The van der Waals surface area contributed by atoms with Crippen LogP contribution in [0.25, 0.3) is 0 Å². The van der Waals surface area contributed by atoms with Crippen molar-refractivity contribution < 1.29 is 4.79 Å². The van der Waals surface area contributed by atoms with Crippen LogP contribution in [0.5, 0.6) is 0 Å². The minimum atomic E-state index is -0.788. The Morgan fingerprint density at radius 1 is 1.41 bits per heavy atom. The molecule has 0 spiro atoms. The number of nitrogens with zero attached hydrogens (tertiary/aromatic N) is 2. The lowest BCUT2D eigenvalue weighted by atomic mass is 9.87. The molecule has 0 bridgehead atoms. The molecule has 1 heterocycles. The molecule has 0 aromatic heterocycles. The highest BCUT2D eigenvalue weighted by molar-refractivity contribution is 6.30. The molecule has 22 heavy (non-hydrogen) atoms. The van der Waals surface area contributed by atoms with E-state index in [1.54, 1.807) is 0 Å². The second-order valence-electron chi connectivity index (χ2n) is 6.29. The first-order chi connectivity index (χ1) is 10.6. The van der Waals surface area contributed by atoms with Gasteiger partial charge in [-0.3, -0.25) is 4.79 Å². The van der Waals surface area contributed by atoms with Gasteiger partial charge in [0.05, 0.1) is 6.07 Å². The number of benzene rings is 1. The predicted molar refractivity (Wildman–Crippen MR) is 86.7 cm³/mol. The van der Waals surface area contributed by atoms with Gasteiger partial charge < -0.3 is 10.2 Å². The van der Waals surface area contributed by atoms with Gasteiger partial charge in [-0.25, -0.2) is 0 Å². The molecule has 2 aliphatic rings. The van der Waals surface area contributed by atoms with Gasteiger partial charge in [0.1, 0.15) is 5.41 Å². The molecule has 3 rings (SSSR count). The van der Waals surface area contributed by atoms with Gasteiger partial charge in [-0.1, -0.05) is 30.5 Å². The lowest BCUT2D eigenvalue weighted by molar-refractivity contribution is -0.128. The summed E-state index contributed by atoms with van der Waals surface area (Å²) in [7, 11) is 0. The standard InChI is InChI=1S/C17H20ClN3O/c18-13-4-3-5-15(10-13)21-9-6-14(11-21)20-16(22)17(12-19)7-1-2-8-17/h3-5,10,14H,1-2,6-9,11H2,(H,20,22)/t14-/m0/s1. The van der Waals surface area contributed by atoms with Gasteiger partial charge in [-0.05, 0) is 37.5 Å². The number of carbonyl (C=O) groups excluding carboxylic acids is 1. The number of amides is 1. The number of nitrogens with one attached hydrogen (secondary N) is 1. The minimum Gasteiger partial charge on any atom is -0.369 e. The molecule has 1 amide bonds. The Morgan fingerprint density at radius 3 is 2.86 bits per heavy atom. The number of anilines is 1. The summed E-state index contributed by atoms with van der Waals surface area (Å²) in [5.74, 6) is -0.0783. The van der Waals surface area contributed by atoms with Crippen LogP contribution in [-0.2, 0) is 4.79 Å². The Bertz CT molecular complexity index is 604. The molecule has 1 aliphatic heterocycles. The summed E-state index contributed by atoms with van der Waals surface area (Å²) < 4.78 is 0. The van der Waals surface area contributed by atoms with Crippen LogP contribution in [0.1, 0.15) is 32.1 Å². The van der Waals surface area contributed by atoms with Crippen LogP contribution in [-0.4, -0.2) is 25.0 Å². The van der Waals surface area contributed by atoms with Crippen LogP contribution in [0, 0.1) is 16.7 Å². The van der Waals surface area contributed by atoms with E-state index in [0.29, 0.717) is 12.8 Å². The lowest BCUT2D eigenvalue weighted by Gasteiger charge is -2.23. The van der Waals surface area contributed by atoms with Crippen molar-refractivity contribution in [2.24, 2.45) is 5.41 Å². The molecule has 4 nitrogen and oxygen atoms in total. The molecule has 1 aromatic carbocycles. The molecule has 1 saturated carbocycles. The average Bonchev–Trinajstić information content (AvgIpc) is 3.17. The number of hydrogen-bond donors (Lipinski definition) is 1. The maximum atomic E-state index is 12.5. The van der Waals surface area contributed by atoms with E-state index >= 15 is 0 Å². The van der Waals surface area contributed by atoms with E-state index in [1.807, 2.05) is 24.3 Å². The van der Waals surface area contributed by atoms with E-state index in [4.69, 9.17) is 11.6 Å². The second kappa shape index (κ2) is 6.18. The number of carbonyl (C=O) groups is 1. The van der Waals surface area contributed by atoms with Crippen LogP contribution in [0.2, 0.25) is 5.02 Å². The number of nitriles is 1. The first-order valence-electron chi connectivity index (χ1n) is 7.86. The van der Waals surface area contributed by atoms with Crippen molar-refractivity contribution >= 4 is 23.2 Å². The molecule has 2 fully saturated rings. The highest BCUT2D eigenvalue weighted by Crippen LogP contribution is 2.38. The normalized spacial score (nSPS) is 23.3. The Kier molecular flexibility index (Phi) is 4.26. The lowest BCUT2D eigenvalue weighted by Crippen LogP contribution is -2.45. The smallest absolute Gasteiger partial charge is 0.240 e. The van der Waals surface area contributed by atoms with Crippen LogP contribution < -0.4 is 10.2 Å². The summed E-state index contributed by atoms with van der Waals surface area (Å²) in [6.45, 7) is 1.67. The molecule has 1 atom stereocenters. The second-order valence-corrected chi connectivity index (χ2v) is 6.72. The van der Waals surface area contributed by atoms with E-state index in [-0.39, 0.29) is 11.9 Å². The van der Waals surface area contributed by atoms with Crippen molar-refractivity contribution in [2.75, 3.05) is 18.0 Å². The highest BCUT2D eigenvalue weighted by Gasteiger charge is 2.42. The maximum Gasteiger partial charge on any atom is 0.240 e. The van der Waals surface area contributed by atoms with E-state index in [2.05, 4.69) is 16.3 Å². The van der Waals surface area contributed by atoms with Gasteiger partial charge in [-0.2, -0.15) is 5.26 Å². The summed E-state index contributed by atoms with van der Waals surface area (Å²) in [4.78, 5) is 14.7. The van der Waals surface area contributed by atoms with E-state index in [0.717, 1.165) is 43.1 Å². The Morgan fingerprint density at radius 2 is 2.18 bits per heavy atom. The van der Waals surface area contributed by atoms with Crippen molar-refractivity contribution in [2.45, 2.75) is 38.1 Å². The van der Waals surface area contributed by atoms with Gasteiger partial charge in [-0.15, -0.1) is 0 Å². The van der Waals surface area contributed by atoms with Crippen LogP contribution in [0.3, 0.4) is 0 Å². The molecule has 5 heteroatoms. The number of halogens is 1. The average molecular weight is 318 g/mol. The van der Waals surface area contributed by atoms with Gasteiger partial charge >= 0.3 is 0 Å². The van der Waals surface area contributed by atoms with Crippen molar-refractivity contribution in [1.29, 1.82) is 5.26 Å². The third kappa shape index (κ3) is 2.91. The van der Waals surface area contributed by atoms with Crippen molar-refractivity contribution in [3.8, 4) is 6.07 Å². The zero-order valence-electron chi connectivity index (χ0n) is 12.5. The highest BCUT2D eigenvalue weighted by atomic mass is 35.5. The zero-order valence-corrected chi connectivity index (χ0v) is 13.3. The van der Waals surface area contributed by atoms with Crippen LogP contribution in [0.4, 0.5) is 5.69 Å². The molecular weight excluding hydrogens is 298 g/mol.